The van der Waals surface area contributed by atoms with Gasteiger partial charge in [-0.2, -0.15) is 0 Å². The van der Waals surface area contributed by atoms with Crippen molar-refractivity contribution in [1.29, 1.82) is 0 Å². The normalized spacial score (nSPS) is 14.4. The molecule has 0 atom stereocenters. The molecule has 1 fully saturated rings. The minimum Gasteiger partial charge on any atom is -0.370 e. The zero-order valence-corrected chi connectivity index (χ0v) is 15.1. The first-order valence-electron chi connectivity index (χ1n) is 7.07. The highest BCUT2D eigenvalue weighted by Gasteiger charge is 2.20. The van der Waals surface area contributed by atoms with Gasteiger partial charge in [0.1, 0.15) is 0 Å². The molecule has 0 bridgehead atoms. The molecule has 5 heteroatoms. The minimum atomic E-state index is 0.709. The molecule has 2 nitrogen and oxygen atoms in total. The van der Waals surface area contributed by atoms with Gasteiger partial charge in [0.25, 0.3) is 0 Å². The Labute approximate surface area is 143 Å². The summed E-state index contributed by atoms with van der Waals surface area (Å²) < 4.78 is 1.17. The molecule has 21 heavy (non-hydrogen) atoms. The lowest BCUT2D eigenvalue weighted by Crippen LogP contribution is -2.17. The van der Waals surface area contributed by atoms with Crippen LogP contribution in [0.4, 0.5) is 5.69 Å². The SMILES string of the molecule is CN(Cc1csc(Br)c1)c1ccc(CNC2CC2)c(Cl)c1. The van der Waals surface area contributed by atoms with Crippen molar-refractivity contribution in [2.45, 2.75) is 32.0 Å². The smallest absolute Gasteiger partial charge is 0.0701 e. The summed E-state index contributed by atoms with van der Waals surface area (Å²) in [6.45, 7) is 1.75. The molecule has 0 aliphatic heterocycles. The Bertz CT molecular complexity index is 624. The summed E-state index contributed by atoms with van der Waals surface area (Å²) in [5.41, 5.74) is 3.64. The van der Waals surface area contributed by atoms with Gasteiger partial charge >= 0.3 is 0 Å². The fourth-order valence-corrected chi connectivity index (χ4v) is 3.69. The first-order chi connectivity index (χ1) is 10.1. The molecule has 1 aromatic heterocycles. The van der Waals surface area contributed by atoms with E-state index in [4.69, 9.17) is 11.6 Å². The standard InChI is InChI=1S/C16H18BrClN2S/c1-20(9-11-6-16(17)21-10-11)14-5-2-12(15(18)7-14)8-19-13-3-4-13/h2,5-7,10,13,19H,3-4,8-9H2,1H3. The van der Waals surface area contributed by atoms with E-state index in [9.17, 15) is 0 Å². The average molecular weight is 386 g/mol. The number of rotatable bonds is 6. The topological polar surface area (TPSA) is 15.3 Å². The van der Waals surface area contributed by atoms with E-state index in [0.29, 0.717) is 6.04 Å². The summed E-state index contributed by atoms with van der Waals surface area (Å²) >= 11 is 11.6. The third-order valence-corrected chi connectivity index (χ3v) is 5.58. The van der Waals surface area contributed by atoms with Crippen LogP contribution in [-0.4, -0.2) is 13.1 Å². The van der Waals surface area contributed by atoms with Crippen molar-refractivity contribution in [2.75, 3.05) is 11.9 Å². The second kappa shape index (κ2) is 6.69. The molecular formula is C16H18BrClN2S. The maximum absolute atomic E-state index is 6.41. The van der Waals surface area contributed by atoms with Gasteiger partial charge in [-0.25, -0.2) is 0 Å². The number of hydrogen-bond donors (Lipinski definition) is 1. The first kappa shape index (κ1) is 15.3. The lowest BCUT2D eigenvalue weighted by atomic mass is 10.2. The molecular weight excluding hydrogens is 368 g/mol. The van der Waals surface area contributed by atoms with Gasteiger partial charge in [0, 0.05) is 36.9 Å². The summed E-state index contributed by atoms with van der Waals surface area (Å²) in [4.78, 5) is 2.22. The Balaban J connectivity index is 1.65. The van der Waals surface area contributed by atoms with Crippen molar-refractivity contribution in [2.24, 2.45) is 0 Å². The van der Waals surface area contributed by atoms with Crippen LogP contribution in [0.5, 0.6) is 0 Å². The molecule has 1 aromatic carbocycles. The van der Waals surface area contributed by atoms with Crippen LogP contribution in [0.1, 0.15) is 24.0 Å². The van der Waals surface area contributed by atoms with Crippen molar-refractivity contribution < 1.29 is 0 Å². The van der Waals surface area contributed by atoms with Gasteiger partial charge in [0.15, 0.2) is 0 Å². The van der Waals surface area contributed by atoms with Gasteiger partial charge in [-0.15, -0.1) is 11.3 Å². The van der Waals surface area contributed by atoms with E-state index in [-0.39, 0.29) is 0 Å². The average Bonchev–Trinajstić information content (AvgIpc) is 3.20. The molecule has 1 saturated carbocycles. The third-order valence-electron chi connectivity index (χ3n) is 3.68. The van der Waals surface area contributed by atoms with Crippen molar-refractivity contribution in [3.05, 3.63) is 49.6 Å². The van der Waals surface area contributed by atoms with Crippen LogP contribution in [0.3, 0.4) is 0 Å². The molecule has 1 aliphatic rings. The molecule has 1 heterocycles. The highest BCUT2D eigenvalue weighted by Crippen LogP contribution is 2.27. The second-order valence-electron chi connectivity index (χ2n) is 5.55. The van der Waals surface area contributed by atoms with E-state index in [2.05, 4.69) is 62.8 Å². The number of thiophene rings is 1. The van der Waals surface area contributed by atoms with Gasteiger partial charge in [-0.1, -0.05) is 17.7 Å². The predicted octanol–water partition coefficient (Wildman–Crippen LogP) is 5.05. The number of nitrogens with zero attached hydrogens (tertiary/aromatic N) is 1. The van der Waals surface area contributed by atoms with Crippen molar-refractivity contribution in [1.82, 2.24) is 5.32 Å². The number of benzene rings is 1. The molecule has 0 radical (unpaired) electrons. The van der Waals surface area contributed by atoms with E-state index in [0.717, 1.165) is 23.8 Å². The summed E-state index contributed by atoms with van der Waals surface area (Å²) in [5, 5.41) is 6.53. The van der Waals surface area contributed by atoms with E-state index in [1.54, 1.807) is 11.3 Å². The maximum atomic E-state index is 6.41. The van der Waals surface area contributed by atoms with Crippen molar-refractivity contribution >= 4 is 44.6 Å². The number of halogens is 2. The van der Waals surface area contributed by atoms with Crippen LogP contribution in [-0.2, 0) is 13.1 Å². The summed E-state index contributed by atoms with van der Waals surface area (Å²) in [5.74, 6) is 0. The molecule has 0 saturated heterocycles. The van der Waals surface area contributed by atoms with Crippen LogP contribution < -0.4 is 10.2 Å². The lowest BCUT2D eigenvalue weighted by molar-refractivity contribution is 0.688. The van der Waals surface area contributed by atoms with E-state index < -0.39 is 0 Å². The Morgan fingerprint density at radius 3 is 2.81 bits per heavy atom. The zero-order chi connectivity index (χ0) is 14.8. The van der Waals surface area contributed by atoms with Gasteiger partial charge in [0.2, 0.25) is 0 Å². The van der Waals surface area contributed by atoms with Crippen LogP contribution in [0.15, 0.2) is 33.4 Å². The quantitative estimate of drug-likeness (QED) is 0.748. The Morgan fingerprint density at radius 1 is 1.38 bits per heavy atom. The number of anilines is 1. The zero-order valence-electron chi connectivity index (χ0n) is 11.9. The number of nitrogens with one attached hydrogen (secondary N) is 1. The largest absolute Gasteiger partial charge is 0.370 e. The first-order valence-corrected chi connectivity index (χ1v) is 9.13. The van der Waals surface area contributed by atoms with Gasteiger partial charge in [0.05, 0.1) is 3.79 Å². The predicted molar refractivity (Wildman–Crippen MR) is 95.4 cm³/mol. The minimum absolute atomic E-state index is 0.709. The molecule has 1 aliphatic carbocycles. The van der Waals surface area contributed by atoms with Gasteiger partial charge in [-0.3, -0.25) is 0 Å². The van der Waals surface area contributed by atoms with E-state index in [1.807, 2.05) is 0 Å². The van der Waals surface area contributed by atoms with Crippen LogP contribution in [0.2, 0.25) is 5.02 Å². The maximum Gasteiger partial charge on any atom is 0.0701 e. The van der Waals surface area contributed by atoms with E-state index >= 15 is 0 Å². The molecule has 1 N–H and O–H groups in total. The lowest BCUT2D eigenvalue weighted by Gasteiger charge is -2.20. The Hall–Kier alpha value is -0.550. The van der Waals surface area contributed by atoms with Gasteiger partial charge < -0.3 is 10.2 Å². The molecule has 0 spiro atoms. The number of hydrogen-bond acceptors (Lipinski definition) is 3. The highest BCUT2D eigenvalue weighted by atomic mass is 79.9. The highest BCUT2D eigenvalue weighted by molar-refractivity contribution is 9.11. The Morgan fingerprint density at radius 2 is 2.19 bits per heavy atom. The second-order valence-corrected chi connectivity index (χ2v) is 8.24. The monoisotopic (exact) mass is 384 g/mol. The Kier molecular flexibility index (Phi) is 4.89. The molecule has 2 aromatic rings. The molecule has 112 valence electrons. The fraction of sp³-hybridized carbons (Fsp3) is 0.375. The van der Waals surface area contributed by atoms with Crippen LogP contribution in [0, 0.1) is 0 Å². The van der Waals surface area contributed by atoms with Crippen LogP contribution >= 0.6 is 38.9 Å². The summed E-state index contributed by atoms with van der Waals surface area (Å²) in [6.07, 6.45) is 2.60. The summed E-state index contributed by atoms with van der Waals surface area (Å²) in [7, 11) is 2.10. The fourth-order valence-electron chi connectivity index (χ4n) is 2.25. The summed E-state index contributed by atoms with van der Waals surface area (Å²) in [6, 6.07) is 9.22. The van der Waals surface area contributed by atoms with Crippen molar-refractivity contribution in [3.63, 3.8) is 0 Å². The van der Waals surface area contributed by atoms with Crippen LogP contribution in [0.25, 0.3) is 0 Å². The molecule has 0 unspecified atom stereocenters. The van der Waals surface area contributed by atoms with E-state index in [1.165, 1.54) is 27.8 Å². The third kappa shape index (κ3) is 4.22. The van der Waals surface area contributed by atoms with Crippen molar-refractivity contribution in [3.8, 4) is 0 Å². The molecule has 0 amide bonds. The van der Waals surface area contributed by atoms with Gasteiger partial charge in [-0.05, 0) is 63.5 Å². The molecule has 3 rings (SSSR count).